The molecule has 0 radical (unpaired) electrons. The van der Waals surface area contributed by atoms with E-state index in [-0.39, 0.29) is 37.6 Å². The number of nitrogens with two attached hydrogens (primary N) is 1. The summed E-state index contributed by atoms with van der Waals surface area (Å²) in [6.07, 6.45) is 4.66. The van der Waals surface area contributed by atoms with Crippen LogP contribution in [0.25, 0.3) is 11.0 Å². The second-order valence-electron chi connectivity index (χ2n) is 9.05. The Labute approximate surface area is 210 Å². The van der Waals surface area contributed by atoms with Crippen molar-refractivity contribution in [1.29, 1.82) is 5.41 Å². The lowest BCUT2D eigenvalue weighted by molar-refractivity contribution is -0.149. The molecule has 1 saturated carbocycles. The number of benzene rings is 2. The van der Waals surface area contributed by atoms with E-state index in [1.165, 1.54) is 0 Å². The maximum Gasteiger partial charge on any atom is 0.332 e. The van der Waals surface area contributed by atoms with Gasteiger partial charge in [-0.05, 0) is 43.5 Å². The van der Waals surface area contributed by atoms with Gasteiger partial charge in [0.05, 0.1) is 17.6 Å². The van der Waals surface area contributed by atoms with Gasteiger partial charge < -0.3 is 24.7 Å². The van der Waals surface area contributed by atoms with Gasteiger partial charge in [-0.25, -0.2) is 9.78 Å². The Morgan fingerprint density at radius 1 is 1.14 bits per heavy atom. The zero-order valence-electron chi connectivity index (χ0n) is 20.8. The fourth-order valence-electron chi connectivity index (χ4n) is 4.75. The molecule has 0 bridgehead atoms. The molecule has 2 aromatic carbocycles. The number of fused-ring (bicyclic) bond motifs is 1. The number of nitrogens with one attached hydrogen (secondary N) is 1. The van der Waals surface area contributed by atoms with E-state index in [0.717, 1.165) is 53.8 Å². The molecule has 0 spiro atoms. The monoisotopic (exact) mass is 491 g/mol. The maximum absolute atomic E-state index is 13.2. The summed E-state index contributed by atoms with van der Waals surface area (Å²) in [7, 11) is 1.98. The average molecular weight is 492 g/mol. The minimum Gasteiger partial charge on any atom is -0.464 e. The number of aryl methyl sites for hydroxylation is 1. The highest BCUT2D eigenvalue weighted by atomic mass is 16.6. The molecule has 0 unspecified atom stereocenters. The highest BCUT2D eigenvalue weighted by Gasteiger charge is 2.28. The molecule has 0 aliphatic heterocycles. The van der Waals surface area contributed by atoms with E-state index in [1.807, 2.05) is 54.4 Å². The Morgan fingerprint density at radius 3 is 2.53 bits per heavy atom. The van der Waals surface area contributed by atoms with Gasteiger partial charge in [0, 0.05) is 30.8 Å². The molecule has 3 N–H and O–H groups in total. The smallest absolute Gasteiger partial charge is 0.332 e. The molecule has 190 valence electrons. The van der Waals surface area contributed by atoms with Gasteiger partial charge in [-0.2, -0.15) is 0 Å². The van der Waals surface area contributed by atoms with Crippen molar-refractivity contribution in [3.63, 3.8) is 0 Å². The maximum atomic E-state index is 13.2. The first-order chi connectivity index (χ1) is 17.4. The second-order valence-corrected chi connectivity index (χ2v) is 9.05. The third kappa shape index (κ3) is 5.73. The zero-order chi connectivity index (χ0) is 25.7. The topological polar surface area (TPSA) is 124 Å². The molecule has 9 nitrogen and oxygen atoms in total. The molecule has 1 heterocycles. The summed E-state index contributed by atoms with van der Waals surface area (Å²) in [6.45, 7) is 1.58. The van der Waals surface area contributed by atoms with Gasteiger partial charge in [-0.3, -0.25) is 10.2 Å². The first kappa shape index (κ1) is 25.4. The normalized spacial score (nSPS) is 13.7. The molecule has 1 amide bonds. The Hall–Kier alpha value is -3.72. The van der Waals surface area contributed by atoms with E-state index in [1.54, 1.807) is 6.92 Å². The number of rotatable bonds is 10. The summed E-state index contributed by atoms with van der Waals surface area (Å²) in [5.74, 6) is 0.294. The Morgan fingerprint density at radius 2 is 1.86 bits per heavy atom. The summed E-state index contributed by atoms with van der Waals surface area (Å²) in [5.41, 5.74) is 9.90. The van der Waals surface area contributed by atoms with Crippen LogP contribution in [0.5, 0.6) is 0 Å². The van der Waals surface area contributed by atoms with Gasteiger partial charge in [-0.1, -0.05) is 37.1 Å². The molecule has 36 heavy (non-hydrogen) atoms. The number of carbonyl (C=O) groups is 2. The highest BCUT2D eigenvalue weighted by molar-refractivity contribution is 5.97. The summed E-state index contributed by atoms with van der Waals surface area (Å²) in [5, 5.41) is 7.56. The molecular weight excluding hydrogens is 458 g/mol. The van der Waals surface area contributed by atoms with Crippen LogP contribution in [0.4, 0.5) is 5.69 Å². The van der Waals surface area contributed by atoms with E-state index < -0.39 is 5.97 Å². The summed E-state index contributed by atoms with van der Waals surface area (Å²) >= 11 is 0. The van der Waals surface area contributed by atoms with Crippen molar-refractivity contribution in [3.8, 4) is 0 Å². The minimum atomic E-state index is -0.476. The quantitative estimate of drug-likeness (QED) is 0.255. The lowest BCUT2D eigenvalue weighted by Crippen LogP contribution is -2.41. The molecule has 0 saturated heterocycles. The number of amides is 1. The number of nitrogen functional groups attached to an aromatic ring is 1. The van der Waals surface area contributed by atoms with Crippen LogP contribution in [0.2, 0.25) is 0 Å². The number of nitrogens with zero attached hydrogens (tertiary/aromatic N) is 3. The minimum absolute atomic E-state index is 0.0458. The number of anilines is 1. The molecular formula is C27H33N5O4. The molecule has 1 aromatic heterocycles. The molecule has 1 aliphatic carbocycles. The number of aromatic nitrogens is 2. The van der Waals surface area contributed by atoms with Crippen molar-refractivity contribution in [2.24, 2.45) is 12.8 Å². The van der Waals surface area contributed by atoms with Crippen LogP contribution < -0.4 is 10.6 Å². The molecule has 1 fully saturated rings. The van der Waals surface area contributed by atoms with Crippen molar-refractivity contribution >= 4 is 34.4 Å². The van der Waals surface area contributed by atoms with E-state index in [4.69, 9.17) is 25.6 Å². The summed E-state index contributed by atoms with van der Waals surface area (Å²) < 4.78 is 12.3. The number of hydrogen-bond donors (Lipinski definition) is 2. The Kier molecular flexibility index (Phi) is 8.00. The van der Waals surface area contributed by atoms with E-state index in [0.29, 0.717) is 12.0 Å². The van der Waals surface area contributed by atoms with Crippen LogP contribution in [-0.2, 0) is 32.5 Å². The first-order valence-corrected chi connectivity index (χ1v) is 12.3. The van der Waals surface area contributed by atoms with Crippen LogP contribution in [0.15, 0.2) is 42.5 Å². The number of hydrogen-bond acceptors (Lipinski definition) is 6. The van der Waals surface area contributed by atoms with Gasteiger partial charge in [0.25, 0.3) is 5.91 Å². The standard InChI is InChI=1S/C27H33N5O4/c1-3-36-26(34)17-35-16-25(33)32(20-6-4-5-7-20)21-12-13-23-22(15-21)30-24(31(23)2)14-18-8-10-19(11-9-18)27(28)29/h8-13,15,20H,3-7,14,16-17H2,1-2H3,(H3,28,29). The second kappa shape index (κ2) is 11.3. The van der Waals surface area contributed by atoms with Crippen molar-refractivity contribution in [2.75, 3.05) is 24.7 Å². The number of amidine groups is 1. The predicted molar refractivity (Wildman–Crippen MR) is 138 cm³/mol. The van der Waals surface area contributed by atoms with E-state index >= 15 is 0 Å². The van der Waals surface area contributed by atoms with Crippen molar-refractivity contribution in [2.45, 2.75) is 45.1 Å². The van der Waals surface area contributed by atoms with Crippen LogP contribution in [0.1, 0.15) is 49.6 Å². The van der Waals surface area contributed by atoms with Gasteiger partial charge in [0.2, 0.25) is 0 Å². The average Bonchev–Trinajstić information content (AvgIpc) is 3.48. The largest absolute Gasteiger partial charge is 0.464 e. The lowest BCUT2D eigenvalue weighted by atomic mass is 10.1. The molecule has 0 atom stereocenters. The molecule has 3 aromatic rings. The molecule has 1 aliphatic rings. The van der Waals surface area contributed by atoms with Crippen LogP contribution in [0.3, 0.4) is 0 Å². The van der Waals surface area contributed by atoms with Gasteiger partial charge in [0.15, 0.2) is 0 Å². The van der Waals surface area contributed by atoms with Crippen molar-refractivity contribution < 1.29 is 19.1 Å². The molecule has 4 rings (SSSR count). The van der Waals surface area contributed by atoms with Crippen molar-refractivity contribution in [1.82, 2.24) is 9.55 Å². The summed E-state index contributed by atoms with van der Waals surface area (Å²) in [4.78, 5) is 31.5. The fourth-order valence-corrected chi connectivity index (χ4v) is 4.75. The number of ether oxygens (including phenoxy) is 2. The number of imidazole rings is 1. The Balaban J connectivity index is 1.55. The third-order valence-corrected chi connectivity index (χ3v) is 6.57. The SMILES string of the molecule is CCOC(=O)COCC(=O)N(c1ccc2c(c1)nc(Cc1ccc(C(=N)N)cc1)n2C)C1CCCC1. The molecule has 9 heteroatoms. The van der Waals surface area contributed by atoms with Gasteiger partial charge >= 0.3 is 5.97 Å². The van der Waals surface area contributed by atoms with Crippen LogP contribution in [0, 0.1) is 5.41 Å². The van der Waals surface area contributed by atoms with E-state index in [9.17, 15) is 9.59 Å². The van der Waals surface area contributed by atoms with Gasteiger partial charge in [-0.15, -0.1) is 0 Å². The van der Waals surface area contributed by atoms with Crippen LogP contribution >= 0.6 is 0 Å². The Bertz CT molecular complexity index is 1250. The number of carbonyl (C=O) groups excluding carboxylic acids is 2. The summed E-state index contributed by atoms with van der Waals surface area (Å²) in [6, 6.07) is 13.6. The third-order valence-electron chi connectivity index (χ3n) is 6.57. The first-order valence-electron chi connectivity index (χ1n) is 12.3. The zero-order valence-corrected chi connectivity index (χ0v) is 20.8. The predicted octanol–water partition coefficient (Wildman–Crippen LogP) is 3.30. The van der Waals surface area contributed by atoms with Gasteiger partial charge in [0.1, 0.15) is 24.9 Å². The fraction of sp³-hybridized carbons (Fsp3) is 0.407. The lowest BCUT2D eigenvalue weighted by Gasteiger charge is -2.29. The highest BCUT2D eigenvalue weighted by Crippen LogP contribution is 2.31. The number of esters is 1. The van der Waals surface area contributed by atoms with Crippen molar-refractivity contribution in [3.05, 3.63) is 59.4 Å². The van der Waals surface area contributed by atoms with Crippen LogP contribution in [-0.4, -0.2) is 53.1 Å². The van der Waals surface area contributed by atoms with E-state index in [2.05, 4.69) is 4.57 Å².